The molecule has 2 heterocycles. The van der Waals surface area contributed by atoms with Crippen LogP contribution in [0.15, 0.2) is 12.4 Å². The Kier molecular flexibility index (Phi) is 3.68. The van der Waals surface area contributed by atoms with Crippen LogP contribution in [0.25, 0.3) is 0 Å². The highest BCUT2D eigenvalue weighted by Gasteiger charge is 2.37. The Morgan fingerprint density at radius 2 is 2.28 bits per heavy atom. The minimum Gasteiger partial charge on any atom is -0.396 e. The summed E-state index contributed by atoms with van der Waals surface area (Å²) in [5, 5.41) is 9.38. The summed E-state index contributed by atoms with van der Waals surface area (Å²) in [6.07, 6.45) is 3.38. The maximum absolute atomic E-state index is 12.3. The number of likely N-dealkylation sites (N-methyl/N-ethyl adjacent to an activating group) is 1. The van der Waals surface area contributed by atoms with E-state index in [-0.39, 0.29) is 24.5 Å². The van der Waals surface area contributed by atoms with Gasteiger partial charge in [-0.2, -0.15) is 0 Å². The molecule has 1 amide bonds. The van der Waals surface area contributed by atoms with Crippen molar-refractivity contribution >= 4 is 5.91 Å². The smallest absolute Gasteiger partial charge is 0.289 e. The number of imidazole rings is 1. The average Bonchev–Trinajstić information content (AvgIpc) is 2.93. The molecule has 1 fully saturated rings. The van der Waals surface area contributed by atoms with E-state index < -0.39 is 0 Å². The van der Waals surface area contributed by atoms with Crippen LogP contribution >= 0.6 is 0 Å². The fourth-order valence-electron chi connectivity index (χ4n) is 2.50. The number of carbonyl (C=O) groups is 1. The Bertz CT molecular complexity index is 429. The van der Waals surface area contributed by atoms with Gasteiger partial charge in [0.05, 0.1) is 0 Å². The molecule has 1 N–H and O–H groups in total. The van der Waals surface area contributed by atoms with Crippen molar-refractivity contribution in [1.29, 1.82) is 0 Å². The predicted molar refractivity (Wildman–Crippen MR) is 67.2 cm³/mol. The summed E-state index contributed by atoms with van der Waals surface area (Å²) in [6, 6.07) is 0.208. The molecule has 0 aromatic carbocycles. The Balaban J connectivity index is 2.12. The van der Waals surface area contributed by atoms with Gasteiger partial charge >= 0.3 is 0 Å². The molecule has 0 saturated carbocycles. The number of carbonyl (C=O) groups excluding carboxylic acids is 1. The molecule has 6 heteroatoms. The summed E-state index contributed by atoms with van der Waals surface area (Å²) < 4.78 is 1.72. The number of aromatic nitrogens is 2. The molecule has 2 rings (SSSR count). The van der Waals surface area contributed by atoms with Crippen LogP contribution in [0.2, 0.25) is 0 Å². The minimum atomic E-state index is -0.0645. The van der Waals surface area contributed by atoms with Crippen molar-refractivity contribution in [2.75, 3.05) is 33.8 Å². The first-order valence-corrected chi connectivity index (χ1v) is 6.08. The Morgan fingerprint density at radius 3 is 2.72 bits per heavy atom. The van der Waals surface area contributed by atoms with Crippen LogP contribution in [0.5, 0.6) is 0 Å². The zero-order valence-electron chi connectivity index (χ0n) is 11.1. The van der Waals surface area contributed by atoms with Crippen LogP contribution < -0.4 is 0 Å². The third-order valence-corrected chi connectivity index (χ3v) is 3.60. The zero-order chi connectivity index (χ0) is 13.3. The van der Waals surface area contributed by atoms with Crippen molar-refractivity contribution in [2.45, 2.75) is 6.04 Å². The van der Waals surface area contributed by atoms with Gasteiger partial charge in [-0.05, 0) is 14.1 Å². The van der Waals surface area contributed by atoms with Gasteiger partial charge in [0, 0.05) is 51.1 Å². The standard InChI is InChI=1S/C12H20N4O2/c1-14(2)10-7-16(6-9(10)8-17)12(18)11-13-4-5-15(11)3/h4-5,9-10,17H,6-8H2,1-3H3/t9-,10+/m0/s1. The first kappa shape index (κ1) is 13.0. The first-order chi connectivity index (χ1) is 8.54. The van der Waals surface area contributed by atoms with Crippen LogP contribution in [-0.4, -0.2) is 70.2 Å². The summed E-state index contributed by atoms with van der Waals surface area (Å²) in [6.45, 7) is 1.34. The van der Waals surface area contributed by atoms with Gasteiger partial charge in [0.15, 0.2) is 5.82 Å². The van der Waals surface area contributed by atoms with Crippen LogP contribution in [0.3, 0.4) is 0 Å². The number of hydrogen-bond acceptors (Lipinski definition) is 4. The Labute approximate surface area is 107 Å². The maximum atomic E-state index is 12.3. The third kappa shape index (κ3) is 2.26. The van der Waals surface area contributed by atoms with Crippen LogP contribution in [0, 0.1) is 5.92 Å². The zero-order valence-corrected chi connectivity index (χ0v) is 11.1. The Hall–Kier alpha value is -1.40. The molecule has 1 saturated heterocycles. The summed E-state index contributed by atoms with van der Waals surface area (Å²) in [7, 11) is 5.76. The minimum absolute atomic E-state index is 0.0645. The number of aryl methyl sites for hydroxylation is 1. The lowest BCUT2D eigenvalue weighted by atomic mass is 10.0. The van der Waals surface area contributed by atoms with Gasteiger partial charge in [-0.1, -0.05) is 0 Å². The van der Waals surface area contributed by atoms with E-state index in [4.69, 9.17) is 0 Å². The second-order valence-electron chi connectivity index (χ2n) is 5.05. The number of aliphatic hydroxyl groups is 1. The van der Waals surface area contributed by atoms with Gasteiger partial charge < -0.3 is 19.5 Å². The van der Waals surface area contributed by atoms with Gasteiger partial charge in [-0.3, -0.25) is 4.79 Å². The summed E-state index contributed by atoms with van der Waals surface area (Å²) >= 11 is 0. The molecule has 0 unspecified atom stereocenters. The van der Waals surface area contributed by atoms with E-state index in [0.717, 1.165) is 0 Å². The van der Waals surface area contributed by atoms with Crippen LogP contribution in [-0.2, 0) is 7.05 Å². The van der Waals surface area contributed by atoms with Crippen molar-refractivity contribution in [2.24, 2.45) is 13.0 Å². The first-order valence-electron chi connectivity index (χ1n) is 6.08. The Morgan fingerprint density at radius 1 is 1.56 bits per heavy atom. The predicted octanol–water partition coefficient (Wildman–Crippen LogP) is -0.585. The number of likely N-dealkylation sites (tertiary alicyclic amines) is 1. The lowest BCUT2D eigenvalue weighted by Gasteiger charge is -2.23. The topological polar surface area (TPSA) is 61.6 Å². The molecule has 0 radical (unpaired) electrons. The molecular formula is C12H20N4O2. The molecule has 1 aromatic rings. The SMILES string of the molecule is CN(C)[C@@H]1CN(C(=O)c2nccn2C)C[C@H]1CO. The molecule has 1 aromatic heterocycles. The van der Waals surface area contributed by atoms with Gasteiger partial charge in [0.25, 0.3) is 5.91 Å². The number of nitrogens with zero attached hydrogens (tertiary/aromatic N) is 4. The van der Waals surface area contributed by atoms with Crippen molar-refractivity contribution in [1.82, 2.24) is 19.4 Å². The van der Waals surface area contributed by atoms with E-state index in [9.17, 15) is 9.90 Å². The van der Waals surface area contributed by atoms with Gasteiger partial charge in [-0.25, -0.2) is 4.98 Å². The molecule has 0 aliphatic carbocycles. The number of rotatable bonds is 3. The molecule has 2 atom stereocenters. The highest BCUT2D eigenvalue weighted by Crippen LogP contribution is 2.21. The van der Waals surface area contributed by atoms with Gasteiger partial charge in [0.1, 0.15) is 0 Å². The molecular weight excluding hydrogens is 232 g/mol. The van der Waals surface area contributed by atoms with Crippen LogP contribution in [0.1, 0.15) is 10.6 Å². The third-order valence-electron chi connectivity index (χ3n) is 3.60. The number of aliphatic hydroxyl groups excluding tert-OH is 1. The van der Waals surface area contributed by atoms with E-state index in [1.165, 1.54) is 0 Å². The quantitative estimate of drug-likeness (QED) is 0.781. The molecule has 1 aliphatic rings. The fourth-order valence-corrected chi connectivity index (χ4v) is 2.50. The summed E-state index contributed by atoms with van der Waals surface area (Å²) in [5.41, 5.74) is 0. The van der Waals surface area contributed by atoms with Crippen LogP contribution in [0.4, 0.5) is 0 Å². The highest BCUT2D eigenvalue weighted by molar-refractivity contribution is 5.91. The van der Waals surface area contributed by atoms with E-state index in [0.29, 0.717) is 18.9 Å². The maximum Gasteiger partial charge on any atom is 0.289 e. The molecule has 100 valence electrons. The molecule has 0 bridgehead atoms. The summed E-state index contributed by atoms with van der Waals surface area (Å²) in [4.78, 5) is 20.2. The monoisotopic (exact) mass is 252 g/mol. The van der Waals surface area contributed by atoms with Crippen molar-refractivity contribution in [3.63, 3.8) is 0 Å². The number of hydrogen-bond donors (Lipinski definition) is 1. The van der Waals surface area contributed by atoms with Gasteiger partial charge in [0.2, 0.25) is 0 Å². The summed E-state index contributed by atoms with van der Waals surface area (Å²) in [5.74, 6) is 0.501. The number of amides is 1. The van der Waals surface area contributed by atoms with E-state index in [2.05, 4.69) is 9.88 Å². The highest BCUT2D eigenvalue weighted by atomic mass is 16.3. The fraction of sp³-hybridized carbons (Fsp3) is 0.667. The van der Waals surface area contributed by atoms with Crippen molar-refractivity contribution in [3.8, 4) is 0 Å². The molecule has 0 spiro atoms. The van der Waals surface area contributed by atoms with E-state index in [1.54, 1.807) is 21.9 Å². The average molecular weight is 252 g/mol. The molecule has 6 nitrogen and oxygen atoms in total. The van der Waals surface area contributed by atoms with E-state index >= 15 is 0 Å². The normalized spacial score (nSPS) is 23.9. The van der Waals surface area contributed by atoms with Crippen molar-refractivity contribution < 1.29 is 9.90 Å². The van der Waals surface area contributed by atoms with Crippen molar-refractivity contribution in [3.05, 3.63) is 18.2 Å². The van der Waals surface area contributed by atoms with E-state index in [1.807, 2.05) is 21.1 Å². The second-order valence-corrected chi connectivity index (χ2v) is 5.05. The molecule has 1 aliphatic heterocycles. The molecule has 18 heavy (non-hydrogen) atoms. The lowest BCUT2D eigenvalue weighted by Crippen LogP contribution is -2.37. The lowest BCUT2D eigenvalue weighted by molar-refractivity contribution is 0.0763. The van der Waals surface area contributed by atoms with Gasteiger partial charge in [-0.15, -0.1) is 0 Å². The second kappa shape index (κ2) is 5.07. The largest absolute Gasteiger partial charge is 0.396 e.